The van der Waals surface area contributed by atoms with Crippen molar-refractivity contribution < 1.29 is 8.42 Å². The first kappa shape index (κ1) is 15.6. The molecule has 6 heteroatoms. The van der Waals surface area contributed by atoms with Crippen LogP contribution in [0.25, 0.3) is 10.8 Å². The van der Waals surface area contributed by atoms with Crippen LogP contribution in [0.15, 0.2) is 59.6 Å². The Kier molecular flexibility index (Phi) is 3.66. The summed E-state index contributed by atoms with van der Waals surface area (Å²) in [5.41, 5.74) is 1.39. The molecule has 1 N–H and O–H groups in total. The quantitative estimate of drug-likeness (QED) is 0.777. The van der Waals surface area contributed by atoms with Crippen molar-refractivity contribution in [2.24, 2.45) is 0 Å². The molecule has 3 aromatic rings. The van der Waals surface area contributed by atoms with E-state index in [9.17, 15) is 8.42 Å². The molecule has 1 heterocycles. The maximum Gasteiger partial charge on any atom is 0.263 e. The van der Waals surface area contributed by atoms with E-state index in [1.807, 2.05) is 30.3 Å². The number of nitrogens with zero attached hydrogens (tertiary/aromatic N) is 2. The van der Waals surface area contributed by atoms with Gasteiger partial charge in [0.25, 0.3) is 10.0 Å². The van der Waals surface area contributed by atoms with Gasteiger partial charge in [0.05, 0.1) is 16.5 Å². The number of sulfonamides is 1. The fourth-order valence-corrected chi connectivity index (χ4v) is 3.98. The molecule has 0 saturated heterocycles. The van der Waals surface area contributed by atoms with Crippen LogP contribution in [0.2, 0.25) is 0 Å². The van der Waals surface area contributed by atoms with Gasteiger partial charge in [-0.25, -0.2) is 13.4 Å². The van der Waals surface area contributed by atoms with Crippen LogP contribution in [0.3, 0.4) is 0 Å². The third kappa shape index (κ3) is 2.94. The Hall–Kier alpha value is -2.91. The fourth-order valence-electron chi connectivity index (χ4n) is 2.95. The SMILES string of the molecule is N#Cc1ccc(S(=O)(=O)Nc2ncc3ccccc3c2C2CC2)cc1. The molecule has 0 amide bonds. The average Bonchev–Trinajstić information content (AvgIpc) is 3.46. The summed E-state index contributed by atoms with van der Waals surface area (Å²) in [6.45, 7) is 0. The van der Waals surface area contributed by atoms with Gasteiger partial charge in [-0.3, -0.25) is 4.72 Å². The molecule has 1 aliphatic rings. The van der Waals surface area contributed by atoms with Gasteiger partial charge in [0, 0.05) is 17.1 Å². The minimum absolute atomic E-state index is 0.114. The number of pyridine rings is 1. The average molecular weight is 349 g/mol. The second-order valence-corrected chi connectivity index (χ2v) is 7.81. The molecule has 0 spiro atoms. The normalized spacial score (nSPS) is 14.2. The van der Waals surface area contributed by atoms with Gasteiger partial charge in [0.15, 0.2) is 0 Å². The zero-order valence-corrected chi connectivity index (χ0v) is 14.1. The minimum atomic E-state index is -3.76. The van der Waals surface area contributed by atoms with E-state index in [1.54, 1.807) is 6.20 Å². The van der Waals surface area contributed by atoms with Crippen LogP contribution < -0.4 is 4.72 Å². The first-order valence-electron chi connectivity index (χ1n) is 7.99. The lowest BCUT2D eigenvalue weighted by Crippen LogP contribution is -2.15. The highest BCUT2D eigenvalue weighted by molar-refractivity contribution is 7.92. The third-order valence-electron chi connectivity index (χ3n) is 4.35. The van der Waals surface area contributed by atoms with E-state index >= 15 is 0 Å². The Labute approximate surface area is 146 Å². The Morgan fingerprint density at radius 2 is 1.80 bits per heavy atom. The van der Waals surface area contributed by atoms with Gasteiger partial charge in [-0.15, -0.1) is 0 Å². The van der Waals surface area contributed by atoms with Crippen molar-refractivity contribution in [3.8, 4) is 6.07 Å². The number of fused-ring (bicyclic) bond motifs is 1. The van der Waals surface area contributed by atoms with Crippen molar-refractivity contribution in [3.05, 3.63) is 65.9 Å². The molecule has 124 valence electrons. The number of nitrogens with one attached hydrogen (secondary N) is 1. The van der Waals surface area contributed by atoms with Crippen molar-refractivity contribution in [2.75, 3.05) is 4.72 Å². The summed E-state index contributed by atoms with van der Waals surface area (Å²) in [7, 11) is -3.76. The van der Waals surface area contributed by atoms with Gasteiger partial charge in [-0.05, 0) is 48.4 Å². The van der Waals surface area contributed by atoms with Crippen LogP contribution in [0.1, 0.15) is 29.9 Å². The summed E-state index contributed by atoms with van der Waals surface area (Å²) >= 11 is 0. The summed E-state index contributed by atoms with van der Waals surface area (Å²) in [5.74, 6) is 0.739. The monoisotopic (exact) mass is 349 g/mol. The zero-order chi connectivity index (χ0) is 17.4. The fraction of sp³-hybridized carbons (Fsp3) is 0.158. The van der Waals surface area contributed by atoms with E-state index in [-0.39, 0.29) is 4.90 Å². The smallest absolute Gasteiger partial charge is 0.263 e. The van der Waals surface area contributed by atoms with Crippen molar-refractivity contribution in [1.82, 2.24) is 4.98 Å². The maximum atomic E-state index is 12.7. The second-order valence-electron chi connectivity index (χ2n) is 6.12. The van der Waals surface area contributed by atoms with Crippen LogP contribution in [-0.2, 0) is 10.0 Å². The van der Waals surface area contributed by atoms with Crippen LogP contribution >= 0.6 is 0 Å². The highest BCUT2D eigenvalue weighted by Gasteiger charge is 2.30. The predicted molar refractivity (Wildman–Crippen MR) is 95.7 cm³/mol. The first-order valence-corrected chi connectivity index (χ1v) is 9.47. The molecular formula is C19H15N3O2S. The zero-order valence-electron chi connectivity index (χ0n) is 13.3. The molecule has 0 aliphatic heterocycles. The van der Waals surface area contributed by atoms with Gasteiger partial charge < -0.3 is 0 Å². The number of aromatic nitrogens is 1. The summed E-state index contributed by atoms with van der Waals surface area (Å²) in [4.78, 5) is 4.48. The van der Waals surface area contributed by atoms with Gasteiger partial charge in [-0.1, -0.05) is 24.3 Å². The molecular weight excluding hydrogens is 334 g/mol. The molecule has 0 bridgehead atoms. The second kappa shape index (κ2) is 5.87. The van der Waals surface area contributed by atoms with Crippen LogP contribution in [0, 0.1) is 11.3 Å². The van der Waals surface area contributed by atoms with Crippen molar-refractivity contribution in [1.29, 1.82) is 5.26 Å². The summed E-state index contributed by atoms with van der Waals surface area (Å²) in [5, 5.41) is 10.9. The van der Waals surface area contributed by atoms with Gasteiger partial charge in [0.1, 0.15) is 5.82 Å². The molecule has 0 atom stereocenters. The molecule has 0 radical (unpaired) electrons. The molecule has 5 nitrogen and oxygen atoms in total. The van der Waals surface area contributed by atoms with Crippen molar-refractivity contribution in [3.63, 3.8) is 0 Å². The van der Waals surface area contributed by atoms with Crippen molar-refractivity contribution >= 4 is 26.6 Å². The minimum Gasteiger partial charge on any atom is -0.263 e. The predicted octanol–water partition coefficient (Wildman–Crippen LogP) is 3.78. The van der Waals surface area contributed by atoms with E-state index in [1.165, 1.54) is 24.3 Å². The topological polar surface area (TPSA) is 82.8 Å². The lowest BCUT2D eigenvalue weighted by atomic mass is 10.0. The van der Waals surface area contributed by atoms with Crippen LogP contribution in [0.5, 0.6) is 0 Å². The van der Waals surface area contributed by atoms with E-state index in [0.717, 1.165) is 29.2 Å². The summed E-state index contributed by atoms with van der Waals surface area (Å²) < 4.78 is 28.0. The highest BCUT2D eigenvalue weighted by atomic mass is 32.2. The van der Waals surface area contributed by atoms with E-state index in [0.29, 0.717) is 17.3 Å². The molecule has 2 aromatic carbocycles. The van der Waals surface area contributed by atoms with Gasteiger partial charge >= 0.3 is 0 Å². The Bertz CT molecular complexity index is 1100. The van der Waals surface area contributed by atoms with Crippen molar-refractivity contribution in [2.45, 2.75) is 23.7 Å². The number of anilines is 1. The highest BCUT2D eigenvalue weighted by Crippen LogP contribution is 2.46. The van der Waals surface area contributed by atoms with Crippen LogP contribution in [-0.4, -0.2) is 13.4 Å². The number of benzene rings is 2. The largest absolute Gasteiger partial charge is 0.263 e. The Morgan fingerprint density at radius 3 is 2.48 bits per heavy atom. The van der Waals surface area contributed by atoms with E-state index < -0.39 is 10.0 Å². The van der Waals surface area contributed by atoms with Gasteiger partial charge in [-0.2, -0.15) is 5.26 Å². The number of nitriles is 1. The molecule has 1 fully saturated rings. The Morgan fingerprint density at radius 1 is 1.08 bits per heavy atom. The molecule has 1 saturated carbocycles. The number of hydrogen-bond donors (Lipinski definition) is 1. The first-order chi connectivity index (χ1) is 12.1. The molecule has 0 unspecified atom stereocenters. The van der Waals surface area contributed by atoms with Crippen LogP contribution in [0.4, 0.5) is 5.82 Å². The lowest BCUT2D eigenvalue weighted by molar-refractivity contribution is 0.601. The standard InChI is InChI=1S/C19H15N3O2S/c20-11-13-5-9-16(10-6-13)25(23,24)22-19-18(14-7-8-14)17-4-2-1-3-15(17)12-21-19/h1-6,9-10,12,14H,7-8H2,(H,21,22). The number of hydrogen-bond acceptors (Lipinski definition) is 4. The molecule has 1 aliphatic carbocycles. The summed E-state index contributed by atoms with van der Waals surface area (Å²) in [6.07, 6.45) is 3.78. The maximum absolute atomic E-state index is 12.7. The summed E-state index contributed by atoms with van der Waals surface area (Å²) in [6, 6.07) is 15.7. The molecule has 1 aromatic heterocycles. The van der Waals surface area contributed by atoms with E-state index in [2.05, 4.69) is 9.71 Å². The molecule has 25 heavy (non-hydrogen) atoms. The van der Waals surface area contributed by atoms with Gasteiger partial charge in [0.2, 0.25) is 0 Å². The Balaban J connectivity index is 1.77. The lowest BCUT2D eigenvalue weighted by Gasteiger charge is -2.14. The number of rotatable bonds is 4. The van der Waals surface area contributed by atoms with E-state index in [4.69, 9.17) is 5.26 Å². The molecule has 4 rings (SSSR count). The third-order valence-corrected chi connectivity index (χ3v) is 5.70.